The lowest BCUT2D eigenvalue weighted by Crippen LogP contribution is -2.20. The van der Waals surface area contributed by atoms with E-state index in [0.29, 0.717) is 23.4 Å². The summed E-state index contributed by atoms with van der Waals surface area (Å²) in [5.74, 6) is 0.233. The minimum atomic E-state index is -0.219. The molecule has 2 N–H and O–H groups in total. The van der Waals surface area contributed by atoms with E-state index >= 15 is 0 Å². The summed E-state index contributed by atoms with van der Waals surface area (Å²) >= 11 is 0. The summed E-state index contributed by atoms with van der Waals surface area (Å²) in [6.45, 7) is 1.99. The van der Waals surface area contributed by atoms with Crippen LogP contribution < -0.4 is 15.4 Å². The topological polar surface area (TPSA) is 67.4 Å². The Kier molecular flexibility index (Phi) is 6.63. The molecule has 0 fully saturated rings. The summed E-state index contributed by atoms with van der Waals surface area (Å²) in [7, 11) is 1.59. The van der Waals surface area contributed by atoms with Gasteiger partial charge >= 0.3 is 0 Å². The van der Waals surface area contributed by atoms with E-state index in [4.69, 9.17) is 4.74 Å². The van der Waals surface area contributed by atoms with E-state index in [9.17, 15) is 9.59 Å². The van der Waals surface area contributed by atoms with Gasteiger partial charge in [-0.15, -0.1) is 0 Å². The van der Waals surface area contributed by atoms with Crippen LogP contribution in [0.3, 0.4) is 0 Å². The molecule has 1 atom stereocenters. The standard InChI is InChI=1S/C24H24N2O3/c1-3-22(17-7-5-4-6-8-17)24(28)26-19-11-9-18(10-12-19)23(27)25-20-13-15-21(29-2)16-14-20/h4-16,22H,3H2,1-2H3,(H,25,27)(H,26,28). The van der Waals surface area contributed by atoms with Crippen LogP contribution in [-0.2, 0) is 4.79 Å². The monoisotopic (exact) mass is 388 g/mol. The van der Waals surface area contributed by atoms with E-state index in [1.807, 2.05) is 37.3 Å². The summed E-state index contributed by atoms with van der Waals surface area (Å²) in [5.41, 5.74) is 2.84. The first-order chi connectivity index (χ1) is 14.1. The molecule has 0 aliphatic carbocycles. The molecule has 0 bridgehead atoms. The lowest BCUT2D eigenvalue weighted by Gasteiger charge is -2.15. The number of nitrogens with one attached hydrogen (secondary N) is 2. The lowest BCUT2D eigenvalue weighted by atomic mass is 9.95. The molecule has 0 saturated carbocycles. The molecule has 3 aromatic rings. The summed E-state index contributed by atoms with van der Waals surface area (Å²) < 4.78 is 5.11. The van der Waals surface area contributed by atoms with Crippen LogP contribution in [0.1, 0.15) is 35.2 Å². The molecule has 1 unspecified atom stereocenters. The Bertz CT molecular complexity index is 952. The zero-order chi connectivity index (χ0) is 20.6. The third-order valence-corrected chi connectivity index (χ3v) is 4.69. The number of carbonyl (C=O) groups is 2. The van der Waals surface area contributed by atoms with Crippen molar-refractivity contribution in [3.05, 3.63) is 90.0 Å². The summed E-state index contributed by atoms with van der Waals surface area (Å²) in [6.07, 6.45) is 0.707. The maximum Gasteiger partial charge on any atom is 0.255 e. The van der Waals surface area contributed by atoms with Crippen LogP contribution in [0.5, 0.6) is 5.75 Å². The van der Waals surface area contributed by atoms with Gasteiger partial charge < -0.3 is 15.4 Å². The number of hydrogen-bond donors (Lipinski definition) is 2. The van der Waals surface area contributed by atoms with Gasteiger partial charge in [-0.05, 0) is 60.5 Å². The van der Waals surface area contributed by atoms with Gasteiger partial charge in [-0.2, -0.15) is 0 Å². The van der Waals surface area contributed by atoms with Gasteiger partial charge in [0.15, 0.2) is 0 Å². The fraction of sp³-hybridized carbons (Fsp3) is 0.167. The van der Waals surface area contributed by atoms with E-state index < -0.39 is 0 Å². The fourth-order valence-corrected chi connectivity index (χ4v) is 3.07. The van der Waals surface area contributed by atoms with Crippen molar-refractivity contribution in [2.24, 2.45) is 0 Å². The molecule has 148 valence electrons. The van der Waals surface area contributed by atoms with Gasteiger partial charge in [-0.25, -0.2) is 0 Å². The minimum Gasteiger partial charge on any atom is -0.497 e. The SMILES string of the molecule is CCC(C(=O)Nc1ccc(C(=O)Nc2ccc(OC)cc2)cc1)c1ccccc1. The molecule has 2 amide bonds. The van der Waals surface area contributed by atoms with Crippen LogP contribution in [-0.4, -0.2) is 18.9 Å². The first-order valence-corrected chi connectivity index (χ1v) is 9.52. The van der Waals surface area contributed by atoms with Crippen molar-refractivity contribution in [3.8, 4) is 5.75 Å². The molecule has 0 heterocycles. The number of rotatable bonds is 7. The van der Waals surface area contributed by atoms with Gasteiger partial charge in [0.25, 0.3) is 5.91 Å². The number of benzene rings is 3. The Labute approximate surface area is 170 Å². The van der Waals surface area contributed by atoms with E-state index in [0.717, 1.165) is 11.3 Å². The van der Waals surface area contributed by atoms with Crippen molar-refractivity contribution in [1.82, 2.24) is 0 Å². The zero-order valence-electron chi connectivity index (χ0n) is 16.5. The van der Waals surface area contributed by atoms with Crippen molar-refractivity contribution in [3.63, 3.8) is 0 Å². The van der Waals surface area contributed by atoms with Crippen LogP contribution in [0.4, 0.5) is 11.4 Å². The van der Waals surface area contributed by atoms with Gasteiger partial charge in [-0.1, -0.05) is 37.3 Å². The Morgan fingerprint density at radius 1 is 0.828 bits per heavy atom. The molecule has 0 aliphatic rings. The van der Waals surface area contributed by atoms with Gasteiger partial charge in [0.2, 0.25) is 5.91 Å². The predicted molar refractivity (Wildman–Crippen MR) is 115 cm³/mol. The molecule has 29 heavy (non-hydrogen) atoms. The van der Waals surface area contributed by atoms with E-state index in [1.54, 1.807) is 55.6 Å². The molecule has 0 radical (unpaired) electrons. The summed E-state index contributed by atoms with van der Waals surface area (Å²) in [4.78, 5) is 25.1. The minimum absolute atomic E-state index is 0.0610. The average molecular weight is 388 g/mol. The largest absolute Gasteiger partial charge is 0.497 e. The molecule has 5 nitrogen and oxygen atoms in total. The predicted octanol–water partition coefficient (Wildman–Crippen LogP) is 5.08. The average Bonchev–Trinajstić information content (AvgIpc) is 2.76. The normalized spacial score (nSPS) is 11.4. The number of carbonyl (C=O) groups excluding carboxylic acids is 2. The van der Waals surface area contributed by atoms with Crippen molar-refractivity contribution < 1.29 is 14.3 Å². The Balaban J connectivity index is 1.63. The third kappa shape index (κ3) is 5.23. The Morgan fingerprint density at radius 3 is 2.00 bits per heavy atom. The zero-order valence-corrected chi connectivity index (χ0v) is 16.5. The highest BCUT2D eigenvalue weighted by Crippen LogP contribution is 2.22. The fourth-order valence-electron chi connectivity index (χ4n) is 3.07. The highest BCUT2D eigenvalue weighted by atomic mass is 16.5. The van der Waals surface area contributed by atoms with E-state index in [2.05, 4.69) is 10.6 Å². The molecular weight excluding hydrogens is 364 g/mol. The third-order valence-electron chi connectivity index (χ3n) is 4.69. The maximum atomic E-state index is 12.7. The summed E-state index contributed by atoms with van der Waals surface area (Å²) in [6, 6.07) is 23.7. The number of ether oxygens (including phenoxy) is 1. The second-order valence-corrected chi connectivity index (χ2v) is 6.62. The first kappa shape index (κ1) is 20.1. The van der Waals surface area contributed by atoms with Crippen LogP contribution in [0, 0.1) is 0 Å². The second-order valence-electron chi connectivity index (χ2n) is 6.62. The van der Waals surface area contributed by atoms with Crippen molar-refractivity contribution >= 4 is 23.2 Å². The summed E-state index contributed by atoms with van der Waals surface area (Å²) in [5, 5.41) is 5.77. The van der Waals surface area contributed by atoms with Crippen LogP contribution >= 0.6 is 0 Å². The van der Waals surface area contributed by atoms with Gasteiger partial charge in [-0.3, -0.25) is 9.59 Å². The van der Waals surface area contributed by atoms with Crippen LogP contribution in [0.15, 0.2) is 78.9 Å². The van der Waals surface area contributed by atoms with Crippen LogP contribution in [0.25, 0.3) is 0 Å². The smallest absolute Gasteiger partial charge is 0.255 e. The highest BCUT2D eigenvalue weighted by molar-refractivity contribution is 6.04. The van der Waals surface area contributed by atoms with Gasteiger partial charge in [0, 0.05) is 16.9 Å². The first-order valence-electron chi connectivity index (χ1n) is 9.52. The number of amides is 2. The molecule has 5 heteroatoms. The maximum absolute atomic E-state index is 12.7. The Hall–Kier alpha value is -3.60. The molecule has 0 aromatic heterocycles. The molecule has 0 saturated heterocycles. The molecule has 3 aromatic carbocycles. The van der Waals surface area contributed by atoms with Crippen molar-refractivity contribution in [2.75, 3.05) is 17.7 Å². The van der Waals surface area contributed by atoms with Crippen molar-refractivity contribution in [1.29, 1.82) is 0 Å². The van der Waals surface area contributed by atoms with Crippen molar-refractivity contribution in [2.45, 2.75) is 19.3 Å². The van der Waals surface area contributed by atoms with Gasteiger partial charge in [0.05, 0.1) is 13.0 Å². The van der Waals surface area contributed by atoms with E-state index in [-0.39, 0.29) is 17.7 Å². The second kappa shape index (κ2) is 9.55. The lowest BCUT2D eigenvalue weighted by molar-refractivity contribution is -0.117. The highest BCUT2D eigenvalue weighted by Gasteiger charge is 2.18. The molecule has 0 aliphatic heterocycles. The van der Waals surface area contributed by atoms with Crippen LogP contribution in [0.2, 0.25) is 0 Å². The van der Waals surface area contributed by atoms with Gasteiger partial charge in [0.1, 0.15) is 5.75 Å². The number of anilines is 2. The molecule has 3 rings (SSSR count). The number of hydrogen-bond acceptors (Lipinski definition) is 3. The van der Waals surface area contributed by atoms with E-state index in [1.165, 1.54) is 0 Å². The number of methoxy groups -OCH3 is 1. The quantitative estimate of drug-likeness (QED) is 0.593. The molecular formula is C24H24N2O3. The Morgan fingerprint density at radius 2 is 1.41 bits per heavy atom. The molecule has 0 spiro atoms.